The minimum atomic E-state index is -0.461. The fraction of sp³-hybridized carbons (Fsp3) is 0.545. The van der Waals surface area contributed by atoms with E-state index in [2.05, 4.69) is 26.2 Å². The topological polar surface area (TPSA) is 43.4 Å². The molecule has 5 heteroatoms. The average molecular weight is 287 g/mol. The number of hydrogen-bond acceptors (Lipinski definition) is 4. The standard InChI is InChI=1S/C11H15BrN2O2/c1-11(2)15-7-8(16-11)6-13-10-5-3-4-9(12)14-10/h3-5,8H,6-7H2,1-2H3,(H,13,14). The molecule has 4 nitrogen and oxygen atoms in total. The molecule has 88 valence electrons. The van der Waals surface area contributed by atoms with Crippen molar-refractivity contribution in [2.45, 2.75) is 25.7 Å². The number of pyridine rings is 1. The van der Waals surface area contributed by atoms with E-state index >= 15 is 0 Å². The van der Waals surface area contributed by atoms with E-state index in [0.717, 1.165) is 10.4 Å². The maximum absolute atomic E-state index is 5.68. The monoisotopic (exact) mass is 286 g/mol. The minimum absolute atomic E-state index is 0.0794. The van der Waals surface area contributed by atoms with Crippen molar-refractivity contribution in [1.29, 1.82) is 0 Å². The Morgan fingerprint density at radius 3 is 3.00 bits per heavy atom. The van der Waals surface area contributed by atoms with Crippen LogP contribution in [0.3, 0.4) is 0 Å². The molecule has 0 radical (unpaired) electrons. The van der Waals surface area contributed by atoms with Gasteiger partial charge in [0, 0.05) is 6.54 Å². The lowest BCUT2D eigenvalue weighted by Gasteiger charge is -2.17. The van der Waals surface area contributed by atoms with Gasteiger partial charge in [0.2, 0.25) is 0 Å². The number of rotatable bonds is 3. The van der Waals surface area contributed by atoms with Crippen molar-refractivity contribution in [2.75, 3.05) is 18.5 Å². The van der Waals surface area contributed by atoms with Gasteiger partial charge in [0.1, 0.15) is 16.5 Å². The first-order valence-electron chi connectivity index (χ1n) is 5.23. The van der Waals surface area contributed by atoms with Gasteiger partial charge in [0.25, 0.3) is 0 Å². The highest BCUT2D eigenvalue weighted by molar-refractivity contribution is 9.10. The van der Waals surface area contributed by atoms with Crippen LogP contribution < -0.4 is 5.32 Å². The number of anilines is 1. The van der Waals surface area contributed by atoms with E-state index in [9.17, 15) is 0 Å². The Hall–Kier alpha value is -0.650. The predicted octanol–water partition coefficient (Wildman–Crippen LogP) is 2.41. The fourth-order valence-electron chi connectivity index (χ4n) is 1.59. The third-order valence-electron chi connectivity index (χ3n) is 2.29. The fourth-order valence-corrected chi connectivity index (χ4v) is 1.93. The highest BCUT2D eigenvalue weighted by Crippen LogP contribution is 2.22. The van der Waals surface area contributed by atoms with Gasteiger partial charge >= 0.3 is 0 Å². The molecule has 1 aliphatic heterocycles. The first-order valence-corrected chi connectivity index (χ1v) is 6.03. The summed E-state index contributed by atoms with van der Waals surface area (Å²) in [4.78, 5) is 4.28. The second-order valence-electron chi connectivity index (χ2n) is 4.18. The molecular formula is C11H15BrN2O2. The van der Waals surface area contributed by atoms with Gasteiger partial charge in [-0.25, -0.2) is 4.98 Å². The molecule has 2 rings (SSSR count). The minimum Gasteiger partial charge on any atom is -0.367 e. The van der Waals surface area contributed by atoms with Crippen molar-refractivity contribution in [2.24, 2.45) is 0 Å². The Kier molecular flexibility index (Phi) is 3.47. The quantitative estimate of drug-likeness (QED) is 0.867. The first kappa shape index (κ1) is 11.8. The lowest BCUT2D eigenvalue weighted by molar-refractivity contribution is -0.136. The van der Waals surface area contributed by atoms with Crippen LogP contribution in [0, 0.1) is 0 Å². The van der Waals surface area contributed by atoms with Crippen molar-refractivity contribution in [3.8, 4) is 0 Å². The zero-order valence-electron chi connectivity index (χ0n) is 9.37. The highest BCUT2D eigenvalue weighted by Gasteiger charge is 2.32. The number of halogens is 1. The summed E-state index contributed by atoms with van der Waals surface area (Å²) in [7, 11) is 0. The van der Waals surface area contributed by atoms with Gasteiger partial charge in [-0.05, 0) is 41.9 Å². The molecule has 1 aromatic heterocycles. The third-order valence-corrected chi connectivity index (χ3v) is 2.73. The largest absolute Gasteiger partial charge is 0.367 e. The molecule has 1 fully saturated rings. The van der Waals surface area contributed by atoms with E-state index in [1.807, 2.05) is 32.0 Å². The third kappa shape index (κ3) is 3.17. The van der Waals surface area contributed by atoms with Crippen LogP contribution in [0.2, 0.25) is 0 Å². The zero-order chi connectivity index (χ0) is 11.6. The van der Waals surface area contributed by atoms with Gasteiger partial charge < -0.3 is 14.8 Å². The number of nitrogens with zero attached hydrogens (tertiary/aromatic N) is 1. The van der Waals surface area contributed by atoms with Crippen LogP contribution in [0.5, 0.6) is 0 Å². The summed E-state index contributed by atoms with van der Waals surface area (Å²) in [6.07, 6.45) is 0.0794. The summed E-state index contributed by atoms with van der Waals surface area (Å²) >= 11 is 3.33. The second-order valence-corrected chi connectivity index (χ2v) is 4.99. The Bertz CT molecular complexity index is 371. The zero-order valence-corrected chi connectivity index (χ0v) is 11.0. The van der Waals surface area contributed by atoms with E-state index < -0.39 is 5.79 Å². The Labute approximate surface area is 103 Å². The molecule has 2 heterocycles. The molecule has 1 aromatic rings. The molecule has 1 N–H and O–H groups in total. The Balaban J connectivity index is 1.84. The molecule has 1 atom stereocenters. The van der Waals surface area contributed by atoms with Gasteiger partial charge in [0.15, 0.2) is 5.79 Å². The molecule has 16 heavy (non-hydrogen) atoms. The van der Waals surface area contributed by atoms with Gasteiger partial charge in [-0.3, -0.25) is 0 Å². The smallest absolute Gasteiger partial charge is 0.163 e. The molecule has 0 bridgehead atoms. The SMILES string of the molecule is CC1(C)OCC(CNc2cccc(Br)n2)O1. The lowest BCUT2D eigenvalue weighted by Crippen LogP contribution is -2.26. The second kappa shape index (κ2) is 4.69. The van der Waals surface area contributed by atoms with E-state index in [1.54, 1.807) is 0 Å². The highest BCUT2D eigenvalue weighted by atomic mass is 79.9. The Morgan fingerprint density at radius 2 is 2.38 bits per heavy atom. The summed E-state index contributed by atoms with van der Waals surface area (Å²) in [6.45, 7) is 5.16. The maximum atomic E-state index is 5.68. The molecule has 0 saturated carbocycles. The summed E-state index contributed by atoms with van der Waals surface area (Å²) in [5.74, 6) is 0.375. The van der Waals surface area contributed by atoms with Crippen molar-refractivity contribution in [3.05, 3.63) is 22.8 Å². The molecule has 0 spiro atoms. The van der Waals surface area contributed by atoms with Crippen LogP contribution in [0.4, 0.5) is 5.82 Å². The normalized spacial score (nSPS) is 23.3. The maximum Gasteiger partial charge on any atom is 0.163 e. The number of nitrogens with one attached hydrogen (secondary N) is 1. The number of hydrogen-bond donors (Lipinski definition) is 1. The summed E-state index contributed by atoms with van der Waals surface area (Å²) in [6, 6.07) is 5.75. The number of ether oxygens (including phenoxy) is 2. The molecular weight excluding hydrogens is 272 g/mol. The van der Waals surface area contributed by atoms with Gasteiger partial charge in [0.05, 0.1) is 6.61 Å². The van der Waals surface area contributed by atoms with Gasteiger partial charge in [-0.15, -0.1) is 0 Å². The van der Waals surface area contributed by atoms with Crippen LogP contribution in [-0.4, -0.2) is 30.0 Å². The molecule has 1 aliphatic rings. The molecule has 1 unspecified atom stereocenters. The lowest BCUT2D eigenvalue weighted by atomic mass is 10.3. The van der Waals surface area contributed by atoms with E-state index in [1.165, 1.54) is 0 Å². The van der Waals surface area contributed by atoms with Crippen molar-refractivity contribution in [1.82, 2.24) is 4.98 Å². The van der Waals surface area contributed by atoms with Crippen LogP contribution >= 0.6 is 15.9 Å². The van der Waals surface area contributed by atoms with E-state index in [-0.39, 0.29) is 6.10 Å². The summed E-state index contributed by atoms with van der Waals surface area (Å²) in [5, 5.41) is 3.22. The van der Waals surface area contributed by atoms with Crippen LogP contribution in [0.15, 0.2) is 22.8 Å². The van der Waals surface area contributed by atoms with Crippen molar-refractivity contribution in [3.63, 3.8) is 0 Å². The summed E-state index contributed by atoms with van der Waals surface area (Å²) in [5.41, 5.74) is 0. The van der Waals surface area contributed by atoms with Crippen molar-refractivity contribution >= 4 is 21.7 Å². The van der Waals surface area contributed by atoms with E-state index in [0.29, 0.717) is 13.2 Å². The van der Waals surface area contributed by atoms with Crippen LogP contribution in [-0.2, 0) is 9.47 Å². The Morgan fingerprint density at radius 1 is 1.56 bits per heavy atom. The predicted molar refractivity (Wildman–Crippen MR) is 65.3 cm³/mol. The average Bonchev–Trinajstić information content (AvgIpc) is 2.56. The van der Waals surface area contributed by atoms with E-state index in [4.69, 9.17) is 9.47 Å². The van der Waals surface area contributed by atoms with Crippen LogP contribution in [0.1, 0.15) is 13.8 Å². The molecule has 1 saturated heterocycles. The molecule has 0 amide bonds. The molecule has 0 aromatic carbocycles. The van der Waals surface area contributed by atoms with Crippen LogP contribution in [0.25, 0.3) is 0 Å². The van der Waals surface area contributed by atoms with Gasteiger partial charge in [-0.1, -0.05) is 6.07 Å². The van der Waals surface area contributed by atoms with Crippen molar-refractivity contribution < 1.29 is 9.47 Å². The first-order chi connectivity index (χ1) is 7.55. The summed E-state index contributed by atoms with van der Waals surface area (Å²) < 4.78 is 12.0. The van der Waals surface area contributed by atoms with Gasteiger partial charge in [-0.2, -0.15) is 0 Å². The number of aromatic nitrogens is 1. The molecule has 0 aliphatic carbocycles.